The van der Waals surface area contributed by atoms with E-state index in [4.69, 9.17) is 15.5 Å². The summed E-state index contributed by atoms with van der Waals surface area (Å²) in [5, 5.41) is 11.9. The van der Waals surface area contributed by atoms with Crippen LogP contribution in [0.4, 0.5) is 4.39 Å². The van der Waals surface area contributed by atoms with Crippen molar-refractivity contribution in [2.75, 3.05) is 0 Å². The molecule has 9 heteroatoms. The van der Waals surface area contributed by atoms with Gasteiger partial charge in [-0.1, -0.05) is 6.92 Å². The average molecular weight is 486 g/mol. The highest BCUT2D eigenvalue weighted by atomic mass is 35.5. The molecule has 34 heavy (non-hydrogen) atoms. The number of aryl methyl sites for hydroxylation is 1. The maximum absolute atomic E-state index is 14.8. The van der Waals surface area contributed by atoms with Crippen LogP contribution in [0.3, 0.4) is 0 Å². The van der Waals surface area contributed by atoms with Gasteiger partial charge >= 0.3 is 5.97 Å². The Morgan fingerprint density at radius 2 is 2.00 bits per heavy atom. The third-order valence-electron chi connectivity index (χ3n) is 7.77. The Bertz CT molecular complexity index is 1500. The summed E-state index contributed by atoms with van der Waals surface area (Å²) in [7, 11) is 0. The summed E-state index contributed by atoms with van der Waals surface area (Å²) < 4.78 is 21.5. The molecule has 6 rings (SSSR count). The molecule has 0 unspecified atom stereocenters. The molecule has 0 spiro atoms. The molecule has 2 aromatic heterocycles. The lowest BCUT2D eigenvalue weighted by Gasteiger charge is -2.34. The average Bonchev–Trinajstić information content (AvgIpc) is 3.14. The lowest BCUT2D eigenvalue weighted by molar-refractivity contribution is -0.172. The summed E-state index contributed by atoms with van der Waals surface area (Å²) in [6.07, 6.45) is 1.37. The molecule has 7 nitrogen and oxygen atoms in total. The molecule has 178 valence electrons. The van der Waals surface area contributed by atoms with Crippen LogP contribution in [0.25, 0.3) is 22.3 Å². The number of aliphatic hydroxyl groups is 1. The van der Waals surface area contributed by atoms with Crippen molar-refractivity contribution < 1.29 is 19.0 Å². The highest BCUT2D eigenvalue weighted by molar-refractivity contribution is 5.93. The highest BCUT2D eigenvalue weighted by Gasteiger charge is 2.46. The minimum atomic E-state index is -1.89. The number of hydrogen-bond acceptors (Lipinski definition) is 6. The minimum Gasteiger partial charge on any atom is -0.458 e. The first kappa shape index (κ1) is 23.0. The molecule has 3 aromatic rings. The first-order chi connectivity index (χ1) is 15.6. The van der Waals surface area contributed by atoms with Gasteiger partial charge in [-0.05, 0) is 55.9 Å². The fourth-order valence-electron chi connectivity index (χ4n) is 5.84. The minimum absolute atomic E-state index is 0. The molecule has 0 amide bonds. The van der Waals surface area contributed by atoms with E-state index in [-0.39, 0.29) is 54.5 Å². The number of rotatable bonds is 1. The summed E-state index contributed by atoms with van der Waals surface area (Å²) in [5.74, 6) is -1.08. The number of hydrogen-bond donors (Lipinski definition) is 2. The number of nitrogens with zero attached hydrogens (tertiary/aromatic N) is 2. The molecule has 2 aliphatic heterocycles. The van der Waals surface area contributed by atoms with Gasteiger partial charge in [0, 0.05) is 28.1 Å². The molecular formula is C25H25ClFN3O4. The predicted octanol–water partition coefficient (Wildman–Crippen LogP) is 3.07. The molecule has 1 aromatic carbocycles. The molecule has 0 fully saturated rings. The smallest absolute Gasteiger partial charge is 0.343 e. The second-order valence-corrected chi connectivity index (χ2v) is 9.69. The zero-order chi connectivity index (χ0) is 23.4. The molecule has 3 N–H and O–H groups in total. The van der Waals surface area contributed by atoms with Crippen LogP contribution in [-0.4, -0.2) is 20.6 Å². The summed E-state index contributed by atoms with van der Waals surface area (Å²) in [6.45, 7) is 5.49. The predicted molar refractivity (Wildman–Crippen MR) is 126 cm³/mol. The van der Waals surface area contributed by atoms with Crippen LogP contribution in [0.2, 0.25) is 0 Å². The Morgan fingerprint density at radius 3 is 2.71 bits per heavy atom. The summed E-state index contributed by atoms with van der Waals surface area (Å²) in [4.78, 5) is 30.7. The normalized spacial score (nSPS) is 24.2. The number of carbonyl (C=O) groups is 1. The maximum atomic E-state index is 14.8. The number of pyridine rings is 2. The van der Waals surface area contributed by atoms with Crippen LogP contribution >= 0.6 is 12.4 Å². The summed E-state index contributed by atoms with van der Waals surface area (Å²) in [6, 6.07) is 3.10. The molecule has 1 aliphatic carbocycles. The van der Waals surface area contributed by atoms with Crippen molar-refractivity contribution in [2.45, 2.75) is 64.3 Å². The van der Waals surface area contributed by atoms with Crippen LogP contribution in [0, 0.1) is 12.7 Å². The number of fused-ring (bicyclic) bond motifs is 5. The zero-order valence-electron chi connectivity index (χ0n) is 19.1. The van der Waals surface area contributed by atoms with Crippen molar-refractivity contribution in [2.24, 2.45) is 5.73 Å². The van der Waals surface area contributed by atoms with E-state index < -0.39 is 17.1 Å². The lowest BCUT2D eigenvalue weighted by Crippen LogP contribution is -2.44. The molecule has 0 radical (unpaired) electrons. The molecule has 4 heterocycles. The Hall–Kier alpha value is -2.81. The van der Waals surface area contributed by atoms with Gasteiger partial charge in [-0.25, -0.2) is 14.2 Å². The van der Waals surface area contributed by atoms with Crippen molar-refractivity contribution in [1.82, 2.24) is 9.55 Å². The Morgan fingerprint density at radius 1 is 1.26 bits per heavy atom. The molecule has 0 saturated carbocycles. The van der Waals surface area contributed by atoms with E-state index in [1.165, 1.54) is 6.07 Å². The number of halogens is 2. The zero-order valence-corrected chi connectivity index (χ0v) is 19.9. The first-order valence-corrected chi connectivity index (χ1v) is 11.2. The van der Waals surface area contributed by atoms with E-state index in [9.17, 15) is 19.1 Å². The molecule has 0 bridgehead atoms. The lowest BCUT2D eigenvalue weighted by atomic mass is 9.75. The van der Waals surface area contributed by atoms with Crippen molar-refractivity contribution in [1.29, 1.82) is 0 Å². The van der Waals surface area contributed by atoms with E-state index in [0.717, 1.165) is 22.1 Å². The maximum Gasteiger partial charge on any atom is 0.343 e. The second-order valence-electron chi connectivity index (χ2n) is 9.69. The Balaban J connectivity index is 0.00000241. The van der Waals surface area contributed by atoms with Gasteiger partial charge in [0.25, 0.3) is 5.56 Å². The van der Waals surface area contributed by atoms with Crippen molar-refractivity contribution in [3.63, 3.8) is 0 Å². The van der Waals surface area contributed by atoms with Crippen molar-refractivity contribution in [3.8, 4) is 11.4 Å². The topological polar surface area (TPSA) is 107 Å². The fraction of sp³-hybridized carbons (Fsp3) is 0.400. The number of benzene rings is 1. The fourth-order valence-corrected chi connectivity index (χ4v) is 5.84. The van der Waals surface area contributed by atoms with E-state index in [2.05, 4.69) is 0 Å². The van der Waals surface area contributed by atoms with E-state index in [0.29, 0.717) is 35.3 Å². The number of carbonyl (C=O) groups excluding carboxylic acids is 1. The van der Waals surface area contributed by atoms with Crippen LogP contribution in [-0.2, 0) is 40.2 Å². The van der Waals surface area contributed by atoms with E-state index in [1.807, 2.05) is 6.92 Å². The number of ether oxygens (including phenoxy) is 1. The molecule has 0 saturated heterocycles. The monoisotopic (exact) mass is 485 g/mol. The third kappa shape index (κ3) is 2.67. The largest absolute Gasteiger partial charge is 0.458 e. The quantitative estimate of drug-likeness (QED) is 0.401. The van der Waals surface area contributed by atoms with E-state index in [1.54, 1.807) is 24.5 Å². The number of esters is 1. The van der Waals surface area contributed by atoms with Crippen LogP contribution in [0.1, 0.15) is 60.1 Å². The van der Waals surface area contributed by atoms with Crippen molar-refractivity contribution in [3.05, 3.63) is 61.7 Å². The van der Waals surface area contributed by atoms with E-state index >= 15 is 0 Å². The van der Waals surface area contributed by atoms with Gasteiger partial charge in [-0.2, -0.15) is 0 Å². The number of nitrogens with two attached hydrogens (primary N) is 1. The van der Waals surface area contributed by atoms with Gasteiger partial charge in [0.2, 0.25) is 0 Å². The van der Waals surface area contributed by atoms with Gasteiger partial charge in [0.1, 0.15) is 12.4 Å². The Kier molecular flexibility index (Phi) is 4.79. The number of aromatic nitrogens is 2. The van der Waals surface area contributed by atoms with Crippen LogP contribution < -0.4 is 11.3 Å². The van der Waals surface area contributed by atoms with Gasteiger partial charge in [0.15, 0.2) is 5.60 Å². The van der Waals surface area contributed by atoms with Gasteiger partial charge in [-0.3, -0.25) is 4.79 Å². The Labute approximate surface area is 201 Å². The van der Waals surface area contributed by atoms with Crippen LogP contribution in [0.5, 0.6) is 0 Å². The van der Waals surface area contributed by atoms with Crippen LogP contribution in [0.15, 0.2) is 16.9 Å². The highest BCUT2D eigenvalue weighted by Crippen LogP contribution is 2.46. The van der Waals surface area contributed by atoms with Gasteiger partial charge < -0.3 is 20.1 Å². The number of cyclic esters (lactones) is 1. The third-order valence-corrected chi connectivity index (χ3v) is 7.77. The SMILES string of the molecule is CC[C@@]1(O)C(=O)OCc2c1cc1n(c2=O)Cc2c-1nc1cc(F)c(C)c3c1c2[C@](C)(N)CC3.Cl. The van der Waals surface area contributed by atoms with Gasteiger partial charge in [-0.15, -0.1) is 12.4 Å². The second kappa shape index (κ2) is 7.10. The van der Waals surface area contributed by atoms with Gasteiger partial charge in [0.05, 0.1) is 29.0 Å². The van der Waals surface area contributed by atoms with Crippen molar-refractivity contribution >= 4 is 29.3 Å². The molecular weight excluding hydrogens is 461 g/mol. The molecule has 2 atom stereocenters. The first-order valence-electron chi connectivity index (χ1n) is 11.2. The molecule has 3 aliphatic rings. The summed E-state index contributed by atoms with van der Waals surface area (Å²) >= 11 is 0. The standard InChI is InChI=1S/C25H24FN3O4.ClH/c1-4-25(32)15-7-18-21-13(9-29(18)22(30)14(15)10-33-23(25)31)20-19-12(5-6-24(20,3)27)11(2)16(26)8-17(19)28-21;/h7-8,32H,4-6,9-10,27H2,1-3H3;1H/t24-,25+;/m1./s1. The summed E-state index contributed by atoms with van der Waals surface area (Å²) in [5.41, 5.74) is 9.21.